The van der Waals surface area contributed by atoms with Crippen molar-refractivity contribution >= 4 is 28.4 Å². The zero-order valence-corrected chi connectivity index (χ0v) is 13.8. The highest BCUT2D eigenvalue weighted by Gasteiger charge is 2.31. The molecule has 1 amide bonds. The first-order chi connectivity index (χ1) is 11.7. The minimum atomic E-state index is -0.0221. The molecule has 4 rings (SSSR count). The number of hydrogen-bond acceptors (Lipinski definition) is 3. The van der Waals surface area contributed by atoms with Gasteiger partial charge in [-0.05, 0) is 48.7 Å². The number of rotatable bonds is 2. The number of hydrogen-bond donors (Lipinski definition) is 0. The van der Waals surface area contributed by atoms with Gasteiger partial charge in [0.15, 0.2) is 0 Å². The molecular formula is C19H16ClN3O. The Bertz CT molecular complexity index is 895. The third-order valence-corrected chi connectivity index (χ3v) is 4.73. The Morgan fingerprint density at radius 1 is 1.12 bits per heavy atom. The van der Waals surface area contributed by atoms with E-state index in [1.807, 2.05) is 41.3 Å². The molecule has 1 fully saturated rings. The quantitative estimate of drug-likeness (QED) is 0.702. The molecular weight excluding hydrogens is 322 g/mol. The van der Waals surface area contributed by atoms with Crippen molar-refractivity contribution in [2.45, 2.75) is 18.9 Å². The molecule has 0 radical (unpaired) electrons. The lowest BCUT2D eigenvalue weighted by Gasteiger charge is -2.25. The van der Waals surface area contributed by atoms with Crippen molar-refractivity contribution in [3.63, 3.8) is 0 Å². The first-order valence-corrected chi connectivity index (χ1v) is 8.37. The number of halogens is 1. The van der Waals surface area contributed by atoms with Crippen LogP contribution < -0.4 is 0 Å². The van der Waals surface area contributed by atoms with Crippen molar-refractivity contribution in [3.8, 4) is 0 Å². The summed E-state index contributed by atoms with van der Waals surface area (Å²) in [5.41, 5.74) is 2.39. The molecule has 1 aliphatic heterocycles. The number of amides is 1. The van der Waals surface area contributed by atoms with Gasteiger partial charge < -0.3 is 4.90 Å². The van der Waals surface area contributed by atoms with E-state index in [9.17, 15) is 4.79 Å². The van der Waals surface area contributed by atoms with E-state index in [0.717, 1.165) is 35.9 Å². The van der Waals surface area contributed by atoms with Crippen LogP contribution in [-0.2, 0) is 0 Å². The molecule has 3 aromatic rings. The van der Waals surface area contributed by atoms with Crippen molar-refractivity contribution in [1.82, 2.24) is 14.9 Å². The average molecular weight is 338 g/mol. The number of fused-ring (bicyclic) bond motifs is 1. The van der Waals surface area contributed by atoms with Crippen molar-refractivity contribution in [2.24, 2.45) is 0 Å². The van der Waals surface area contributed by atoms with E-state index in [-0.39, 0.29) is 11.9 Å². The number of pyridine rings is 2. The van der Waals surface area contributed by atoms with Gasteiger partial charge in [0.1, 0.15) is 5.69 Å². The molecule has 0 spiro atoms. The van der Waals surface area contributed by atoms with E-state index in [2.05, 4.69) is 9.97 Å². The maximum Gasteiger partial charge on any atom is 0.272 e. The topological polar surface area (TPSA) is 46.1 Å². The standard InChI is InChI=1S/C19H16ClN3O/c20-15-6-3-13(4-7-15)18-2-1-11-23(18)19(24)17-8-5-14-12-21-10-9-16(14)22-17/h3-10,12,18H,1-2,11H2. The van der Waals surface area contributed by atoms with Crippen molar-refractivity contribution in [3.05, 3.63) is 71.1 Å². The summed E-state index contributed by atoms with van der Waals surface area (Å²) in [5, 5.41) is 1.64. The maximum atomic E-state index is 13.0. The van der Waals surface area contributed by atoms with Gasteiger partial charge in [-0.15, -0.1) is 0 Å². The number of aromatic nitrogens is 2. The van der Waals surface area contributed by atoms with Crippen LogP contribution >= 0.6 is 11.6 Å². The minimum Gasteiger partial charge on any atom is -0.330 e. The fraction of sp³-hybridized carbons (Fsp3) is 0.211. The Balaban J connectivity index is 1.65. The first-order valence-electron chi connectivity index (χ1n) is 7.99. The summed E-state index contributed by atoms with van der Waals surface area (Å²) in [5.74, 6) is -0.0221. The molecule has 5 heteroatoms. The molecule has 24 heavy (non-hydrogen) atoms. The zero-order chi connectivity index (χ0) is 16.5. The van der Waals surface area contributed by atoms with Crippen molar-refractivity contribution in [2.75, 3.05) is 6.54 Å². The summed E-state index contributed by atoms with van der Waals surface area (Å²) in [4.78, 5) is 23.5. The van der Waals surface area contributed by atoms with Crippen molar-refractivity contribution < 1.29 is 4.79 Å². The molecule has 0 bridgehead atoms. The monoisotopic (exact) mass is 337 g/mol. The predicted octanol–water partition coefficient (Wildman–Crippen LogP) is 4.26. The number of carbonyl (C=O) groups excluding carboxylic acids is 1. The summed E-state index contributed by atoms with van der Waals surface area (Å²) >= 11 is 5.97. The van der Waals surface area contributed by atoms with Gasteiger partial charge in [0.05, 0.1) is 11.6 Å². The van der Waals surface area contributed by atoms with Crippen LogP contribution in [-0.4, -0.2) is 27.3 Å². The minimum absolute atomic E-state index is 0.0221. The third kappa shape index (κ3) is 2.74. The molecule has 1 atom stereocenters. The Morgan fingerprint density at radius 2 is 1.96 bits per heavy atom. The maximum absolute atomic E-state index is 13.0. The molecule has 4 nitrogen and oxygen atoms in total. The van der Waals surface area contributed by atoms with Crippen molar-refractivity contribution in [1.29, 1.82) is 0 Å². The highest BCUT2D eigenvalue weighted by atomic mass is 35.5. The molecule has 1 saturated heterocycles. The number of benzene rings is 1. The second-order valence-electron chi connectivity index (χ2n) is 5.97. The fourth-order valence-electron chi connectivity index (χ4n) is 3.27. The fourth-order valence-corrected chi connectivity index (χ4v) is 3.40. The third-order valence-electron chi connectivity index (χ3n) is 4.48. The predicted molar refractivity (Wildman–Crippen MR) is 94.0 cm³/mol. The van der Waals surface area contributed by atoms with Gasteiger partial charge in [0.2, 0.25) is 0 Å². The molecule has 2 aromatic heterocycles. The van der Waals surface area contributed by atoms with Gasteiger partial charge in [0.25, 0.3) is 5.91 Å². The van der Waals surface area contributed by atoms with Crippen LogP contribution in [0.5, 0.6) is 0 Å². The Morgan fingerprint density at radius 3 is 2.79 bits per heavy atom. The van der Waals surface area contributed by atoms with Gasteiger partial charge in [-0.1, -0.05) is 23.7 Å². The SMILES string of the molecule is O=C(c1ccc2cnccc2n1)N1CCCC1c1ccc(Cl)cc1. The van der Waals surface area contributed by atoms with Gasteiger partial charge in [-0.3, -0.25) is 9.78 Å². The molecule has 1 aliphatic rings. The highest BCUT2D eigenvalue weighted by molar-refractivity contribution is 6.30. The lowest BCUT2D eigenvalue weighted by molar-refractivity contribution is 0.0730. The number of nitrogens with zero attached hydrogens (tertiary/aromatic N) is 3. The summed E-state index contributed by atoms with van der Waals surface area (Å²) < 4.78 is 0. The highest BCUT2D eigenvalue weighted by Crippen LogP contribution is 2.33. The lowest BCUT2D eigenvalue weighted by atomic mass is 10.0. The van der Waals surface area contributed by atoms with Crippen LogP contribution in [0.1, 0.15) is 34.9 Å². The van der Waals surface area contributed by atoms with E-state index in [1.165, 1.54) is 0 Å². The molecule has 0 aliphatic carbocycles. The van der Waals surface area contributed by atoms with Crippen LogP contribution in [0.4, 0.5) is 0 Å². The Labute approximate surface area is 145 Å². The zero-order valence-electron chi connectivity index (χ0n) is 13.0. The summed E-state index contributed by atoms with van der Waals surface area (Å²) in [6, 6.07) is 13.3. The van der Waals surface area contributed by atoms with Crippen LogP contribution in [0.3, 0.4) is 0 Å². The molecule has 0 saturated carbocycles. The van der Waals surface area contributed by atoms with Gasteiger partial charge in [0, 0.05) is 29.3 Å². The van der Waals surface area contributed by atoms with Crippen LogP contribution in [0, 0.1) is 0 Å². The lowest BCUT2D eigenvalue weighted by Crippen LogP contribution is -2.31. The second kappa shape index (κ2) is 6.21. The van der Waals surface area contributed by atoms with Gasteiger partial charge >= 0.3 is 0 Å². The number of carbonyl (C=O) groups is 1. The Kier molecular flexibility index (Phi) is 3.90. The summed E-state index contributed by atoms with van der Waals surface area (Å²) in [7, 11) is 0. The normalized spacial score (nSPS) is 17.4. The van der Waals surface area contributed by atoms with E-state index >= 15 is 0 Å². The van der Waals surface area contributed by atoms with E-state index in [4.69, 9.17) is 11.6 Å². The van der Waals surface area contributed by atoms with E-state index in [0.29, 0.717) is 10.7 Å². The largest absolute Gasteiger partial charge is 0.330 e. The van der Waals surface area contributed by atoms with Gasteiger partial charge in [-0.2, -0.15) is 0 Å². The molecule has 1 aromatic carbocycles. The molecule has 1 unspecified atom stereocenters. The van der Waals surface area contributed by atoms with Gasteiger partial charge in [-0.25, -0.2) is 4.98 Å². The summed E-state index contributed by atoms with van der Waals surface area (Å²) in [6.45, 7) is 0.752. The van der Waals surface area contributed by atoms with Crippen LogP contribution in [0.2, 0.25) is 5.02 Å². The smallest absolute Gasteiger partial charge is 0.272 e. The number of likely N-dealkylation sites (tertiary alicyclic amines) is 1. The summed E-state index contributed by atoms with van der Waals surface area (Å²) in [6.07, 6.45) is 5.40. The average Bonchev–Trinajstić information content (AvgIpc) is 3.11. The van der Waals surface area contributed by atoms with E-state index in [1.54, 1.807) is 18.5 Å². The molecule has 3 heterocycles. The van der Waals surface area contributed by atoms with Crippen LogP contribution in [0.15, 0.2) is 54.9 Å². The first kappa shape index (κ1) is 15.1. The molecule has 0 N–H and O–H groups in total. The van der Waals surface area contributed by atoms with Crippen LogP contribution in [0.25, 0.3) is 10.9 Å². The molecule has 120 valence electrons. The second-order valence-corrected chi connectivity index (χ2v) is 6.41. The Hall–Kier alpha value is -2.46. The van der Waals surface area contributed by atoms with E-state index < -0.39 is 0 Å².